The Morgan fingerprint density at radius 3 is 1.64 bits per heavy atom. The van der Waals surface area contributed by atoms with E-state index in [0.717, 1.165) is 88.6 Å². The van der Waals surface area contributed by atoms with Crippen LogP contribution in [-0.4, -0.2) is 24.5 Å². The Morgan fingerprint density at radius 1 is 0.373 bits per heavy atom. The van der Waals surface area contributed by atoms with E-state index in [4.69, 9.17) is 18.8 Å². The molecule has 12 aromatic rings. The third-order valence-electron chi connectivity index (χ3n) is 11.2. The lowest BCUT2D eigenvalue weighted by Crippen LogP contribution is -1.94. The van der Waals surface area contributed by atoms with Gasteiger partial charge in [0.25, 0.3) is 0 Å². The van der Waals surface area contributed by atoms with Gasteiger partial charge in [0, 0.05) is 63.5 Å². The van der Waals surface area contributed by atoms with Gasteiger partial charge in [-0.15, -0.1) is 0 Å². The highest BCUT2D eigenvalue weighted by Gasteiger charge is 2.19. The SMILES string of the molecule is c1cncc(-c2ccc3oc(-c4ccc5c(c4)c4cc(-c6nc7ccc(-c8cccnc8)cc7o6)ccc4n5-c4ccc(-c5ccc6ccccc6c5)cc4)nc3c2)c1. The largest absolute Gasteiger partial charge is 0.436 e. The van der Waals surface area contributed by atoms with Crippen molar-refractivity contribution in [3.8, 4) is 62.0 Å². The van der Waals surface area contributed by atoms with Crippen molar-refractivity contribution in [2.45, 2.75) is 0 Å². The molecular formula is C52H31N5O2. The summed E-state index contributed by atoms with van der Waals surface area (Å²) < 4.78 is 15.2. The molecule has 0 N–H and O–H groups in total. The van der Waals surface area contributed by atoms with Crippen molar-refractivity contribution in [3.63, 3.8) is 0 Å². The summed E-state index contributed by atoms with van der Waals surface area (Å²) in [4.78, 5) is 18.5. The third kappa shape index (κ3) is 5.67. The average Bonchev–Trinajstić information content (AvgIpc) is 4.03. The molecule has 0 radical (unpaired) electrons. The summed E-state index contributed by atoms with van der Waals surface area (Å²) in [5, 5.41) is 4.58. The van der Waals surface area contributed by atoms with Gasteiger partial charge in [0.2, 0.25) is 11.8 Å². The van der Waals surface area contributed by atoms with Crippen molar-refractivity contribution in [1.29, 1.82) is 0 Å². The quantitative estimate of drug-likeness (QED) is 0.168. The van der Waals surface area contributed by atoms with Gasteiger partial charge < -0.3 is 13.4 Å². The summed E-state index contributed by atoms with van der Waals surface area (Å²) in [6, 6.07) is 56.9. The second-order valence-corrected chi connectivity index (χ2v) is 14.8. The molecule has 12 rings (SSSR count). The van der Waals surface area contributed by atoms with Gasteiger partial charge in [0.15, 0.2) is 11.2 Å². The number of hydrogen-bond acceptors (Lipinski definition) is 6. The van der Waals surface area contributed by atoms with Crippen molar-refractivity contribution < 1.29 is 8.83 Å². The maximum atomic E-state index is 6.45. The van der Waals surface area contributed by atoms with Crippen LogP contribution in [0.15, 0.2) is 197 Å². The first-order valence-corrected chi connectivity index (χ1v) is 19.5. The minimum Gasteiger partial charge on any atom is -0.436 e. The smallest absolute Gasteiger partial charge is 0.227 e. The maximum Gasteiger partial charge on any atom is 0.227 e. The van der Waals surface area contributed by atoms with Crippen molar-refractivity contribution in [1.82, 2.24) is 24.5 Å². The highest BCUT2D eigenvalue weighted by atomic mass is 16.4. The third-order valence-corrected chi connectivity index (χ3v) is 11.2. The van der Waals surface area contributed by atoms with Crippen LogP contribution in [0.3, 0.4) is 0 Å². The second kappa shape index (κ2) is 13.2. The zero-order valence-electron chi connectivity index (χ0n) is 31.5. The van der Waals surface area contributed by atoms with E-state index in [2.05, 4.69) is 130 Å². The Kier molecular flexibility index (Phi) is 7.40. The minimum absolute atomic E-state index is 0.561. The van der Waals surface area contributed by atoms with E-state index in [1.807, 2.05) is 60.9 Å². The second-order valence-electron chi connectivity index (χ2n) is 14.8. The van der Waals surface area contributed by atoms with Gasteiger partial charge in [-0.2, -0.15) is 0 Å². The Bertz CT molecular complexity index is 3370. The zero-order valence-corrected chi connectivity index (χ0v) is 31.5. The van der Waals surface area contributed by atoms with E-state index < -0.39 is 0 Å². The molecule has 0 atom stereocenters. The standard InChI is InChI=1S/C52H31N5O2/c1-2-6-34-25-35(10-9-32(34)5-1)33-11-17-42(18-12-33)57-47-20-14-38(51-55-45-19-13-37(29-50(45)59-51)41-8-4-24-54-31-41)26-43(47)44-27-39(15-21-48(44)57)52-56-46-28-36(16-22-49(46)58-52)40-7-3-23-53-30-40/h1-31H. The molecule has 5 aromatic heterocycles. The molecule has 0 aliphatic heterocycles. The molecule has 0 spiro atoms. The van der Waals surface area contributed by atoms with E-state index in [1.54, 1.807) is 12.4 Å². The normalized spacial score (nSPS) is 11.7. The predicted octanol–water partition coefficient (Wildman–Crippen LogP) is 13.3. The van der Waals surface area contributed by atoms with Crippen LogP contribution in [0.2, 0.25) is 0 Å². The number of nitrogens with zero attached hydrogens (tertiary/aromatic N) is 5. The van der Waals surface area contributed by atoms with Crippen LogP contribution in [0.25, 0.3) is 117 Å². The Hall–Kier alpha value is -8.16. The van der Waals surface area contributed by atoms with Crippen molar-refractivity contribution >= 4 is 54.8 Å². The molecule has 5 heterocycles. The van der Waals surface area contributed by atoms with Crippen LogP contribution in [0, 0.1) is 0 Å². The predicted molar refractivity (Wildman–Crippen MR) is 236 cm³/mol. The van der Waals surface area contributed by atoms with Gasteiger partial charge in [-0.1, -0.05) is 72.8 Å². The Balaban J connectivity index is 0.991. The summed E-state index contributed by atoms with van der Waals surface area (Å²) in [5.41, 5.74) is 14.5. The zero-order chi connectivity index (χ0) is 38.9. The van der Waals surface area contributed by atoms with Crippen molar-refractivity contribution in [3.05, 3.63) is 189 Å². The van der Waals surface area contributed by atoms with Crippen molar-refractivity contribution in [2.75, 3.05) is 0 Å². The van der Waals surface area contributed by atoms with Crippen LogP contribution in [0.5, 0.6) is 0 Å². The molecule has 0 saturated carbocycles. The molecule has 276 valence electrons. The lowest BCUT2D eigenvalue weighted by molar-refractivity contribution is 0.619. The van der Waals surface area contributed by atoms with Crippen molar-refractivity contribution in [2.24, 2.45) is 0 Å². The van der Waals surface area contributed by atoms with Crippen LogP contribution >= 0.6 is 0 Å². The number of aromatic nitrogens is 5. The lowest BCUT2D eigenvalue weighted by Gasteiger charge is -2.10. The Morgan fingerprint density at radius 2 is 0.949 bits per heavy atom. The summed E-state index contributed by atoms with van der Waals surface area (Å²) in [5.74, 6) is 1.12. The fourth-order valence-electron chi connectivity index (χ4n) is 8.26. The van der Waals surface area contributed by atoms with Crippen LogP contribution in [0.4, 0.5) is 0 Å². The molecule has 0 fully saturated rings. The molecule has 7 nitrogen and oxygen atoms in total. The van der Waals surface area contributed by atoms with Crippen LogP contribution in [0.1, 0.15) is 0 Å². The van der Waals surface area contributed by atoms with Gasteiger partial charge in [-0.3, -0.25) is 9.97 Å². The number of fused-ring (bicyclic) bond motifs is 6. The topological polar surface area (TPSA) is 82.8 Å². The van der Waals surface area contributed by atoms with Gasteiger partial charge in [-0.25, -0.2) is 9.97 Å². The molecule has 59 heavy (non-hydrogen) atoms. The minimum atomic E-state index is 0.561. The number of pyridine rings is 2. The lowest BCUT2D eigenvalue weighted by atomic mass is 10.0. The van der Waals surface area contributed by atoms with E-state index in [9.17, 15) is 0 Å². The number of hydrogen-bond donors (Lipinski definition) is 0. The monoisotopic (exact) mass is 757 g/mol. The summed E-state index contributed by atoms with van der Waals surface area (Å²) in [7, 11) is 0. The molecule has 7 heteroatoms. The molecular weight excluding hydrogens is 727 g/mol. The average molecular weight is 758 g/mol. The highest BCUT2D eigenvalue weighted by molar-refractivity contribution is 6.11. The first-order chi connectivity index (χ1) is 29.2. The molecule has 0 aliphatic rings. The molecule has 0 saturated heterocycles. The Labute approximate surface area is 337 Å². The fraction of sp³-hybridized carbons (Fsp3) is 0. The molecule has 0 aliphatic carbocycles. The maximum absolute atomic E-state index is 6.45. The number of benzene rings is 7. The highest BCUT2D eigenvalue weighted by Crippen LogP contribution is 2.39. The summed E-state index contributed by atoms with van der Waals surface area (Å²) in [6.07, 6.45) is 7.27. The number of rotatable bonds is 6. The molecule has 0 unspecified atom stereocenters. The van der Waals surface area contributed by atoms with Gasteiger partial charge >= 0.3 is 0 Å². The van der Waals surface area contributed by atoms with Crippen LogP contribution < -0.4 is 0 Å². The van der Waals surface area contributed by atoms with E-state index in [0.29, 0.717) is 11.8 Å². The summed E-state index contributed by atoms with van der Waals surface area (Å²) in [6.45, 7) is 0. The van der Waals surface area contributed by atoms with E-state index in [1.165, 1.54) is 16.3 Å². The fourth-order valence-corrected chi connectivity index (χ4v) is 8.26. The van der Waals surface area contributed by atoms with E-state index >= 15 is 0 Å². The van der Waals surface area contributed by atoms with Gasteiger partial charge in [0.1, 0.15) is 11.0 Å². The van der Waals surface area contributed by atoms with E-state index in [-0.39, 0.29) is 0 Å². The molecule has 0 bridgehead atoms. The van der Waals surface area contributed by atoms with Crippen LogP contribution in [-0.2, 0) is 0 Å². The summed E-state index contributed by atoms with van der Waals surface area (Å²) >= 11 is 0. The molecule has 7 aromatic carbocycles. The first kappa shape index (κ1) is 33.0. The molecule has 0 amide bonds. The number of oxazole rings is 2. The van der Waals surface area contributed by atoms with Gasteiger partial charge in [0.05, 0.1) is 11.0 Å². The van der Waals surface area contributed by atoms with Gasteiger partial charge in [-0.05, 0) is 124 Å². The first-order valence-electron chi connectivity index (χ1n) is 19.5.